The number of hydrogen-bond donors (Lipinski definition) is 1. The van der Waals surface area contributed by atoms with Gasteiger partial charge in [0.1, 0.15) is 23.7 Å². The summed E-state index contributed by atoms with van der Waals surface area (Å²) in [5.74, 6) is 0.520. The van der Waals surface area contributed by atoms with Crippen LogP contribution in [-0.2, 0) is 4.74 Å². The second-order valence-electron chi connectivity index (χ2n) is 5.67. The molecule has 10 heteroatoms. The number of nitro benzene ring substituents is 1. The quantitative estimate of drug-likeness (QED) is 0.363. The highest BCUT2D eigenvalue weighted by molar-refractivity contribution is 6.07. The Morgan fingerprint density at radius 3 is 2.10 bits per heavy atom. The van der Waals surface area contributed by atoms with Crippen LogP contribution in [0.5, 0.6) is 23.0 Å². The van der Waals surface area contributed by atoms with Crippen molar-refractivity contribution in [2.75, 3.05) is 47.0 Å². The van der Waals surface area contributed by atoms with Gasteiger partial charge in [0.05, 0.1) is 38.9 Å². The van der Waals surface area contributed by atoms with Crippen LogP contribution >= 0.6 is 0 Å². The molecule has 0 heterocycles. The fourth-order valence-corrected chi connectivity index (χ4v) is 2.47. The van der Waals surface area contributed by atoms with Crippen molar-refractivity contribution in [3.8, 4) is 23.0 Å². The van der Waals surface area contributed by atoms with Gasteiger partial charge in [-0.3, -0.25) is 14.9 Å². The fraction of sp³-hybridized carbons (Fsp3) is 0.316. The average Bonchev–Trinajstić information content (AvgIpc) is 2.72. The third-order valence-electron chi connectivity index (χ3n) is 3.88. The molecule has 29 heavy (non-hydrogen) atoms. The summed E-state index contributed by atoms with van der Waals surface area (Å²) < 4.78 is 25.9. The summed E-state index contributed by atoms with van der Waals surface area (Å²) >= 11 is 0. The van der Waals surface area contributed by atoms with Crippen LogP contribution < -0.4 is 24.3 Å². The van der Waals surface area contributed by atoms with Crippen LogP contribution in [0.15, 0.2) is 30.3 Å². The van der Waals surface area contributed by atoms with Crippen LogP contribution in [-0.4, -0.2) is 52.5 Å². The molecular formula is C19H22N2O8. The van der Waals surface area contributed by atoms with Crippen molar-refractivity contribution in [1.82, 2.24) is 0 Å². The first-order valence-corrected chi connectivity index (χ1v) is 8.46. The van der Waals surface area contributed by atoms with E-state index in [0.717, 1.165) is 6.07 Å². The molecule has 0 saturated heterocycles. The normalized spacial score (nSPS) is 10.2. The van der Waals surface area contributed by atoms with Crippen LogP contribution in [0.3, 0.4) is 0 Å². The molecule has 0 aliphatic carbocycles. The van der Waals surface area contributed by atoms with Gasteiger partial charge in [-0.15, -0.1) is 0 Å². The number of methoxy groups -OCH3 is 4. The molecule has 0 spiro atoms. The zero-order chi connectivity index (χ0) is 21.4. The maximum absolute atomic E-state index is 12.8. The number of carbonyl (C=O) groups excluding carboxylic acids is 1. The summed E-state index contributed by atoms with van der Waals surface area (Å²) in [4.78, 5) is 23.6. The highest BCUT2D eigenvalue weighted by atomic mass is 16.6. The van der Waals surface area contributed by atoms with Crippen molar-refractivity contribution < 1.29 is 33.4 Å². The monoisotopic (exact) mass is 406 g/mol. The van der Waals surface area contributed by atoms with E-state index in [4.69, 9.17) is 23.7 Å². The Morgan fingerprint density at radius 2 is 1.59 bits per heavy atom. The predicted octanol–water partition coefficient (Wildman–Crippen LogP) is 2.90. The van der Waals surface area contributed by atoms with Crippen LogP contribution in [0, 0.1) is 10.1 Å². The standard InChI is InChI=1S/C19H22N2O8/c1-25-5-6-29-18-11-16(21(23)24)15(10-17(18)28-4)19(22)20-12-7-13(26-2)9-14(8-12)27-3/h7-11H,5-6H2,1-4H3,(H,20,22). The van der Waals surface area contributed by atoms with Gasteiger partial charge in [0.25, 0.3) is 11.6 Å². The topological polar surface area (TPSA) is 118 Å². The summed E-state index contributed by atoms with van der Waals surface area (Å²) in [6.07, 6.45) is 0. The number of hydrogen-bond acceptors (Lipinski definition) is 8. The minimum absolute atomic E-state index is 0.135. The van der Waals surface area contributed by atoms with Gasteiger partial charge in [0.15, 0.2) is 11.5 Å². The number of ether oxygens (including phenoxy) is 5. The number of nitrogens with zero attached hydrogens (tertiary/aromatic N) is 1. The Kier molecular flexibility index (Phi) is 7.61. The van der Waals surface area contributed by atoms with Crippen molar-refractivity contribution in [3.63, 3.8) is 0 Å². The van der Waals surface area contributed by atoms with E-state index in [1.54, 1.807) is 18.2 Å². The number of benzene rings is 2. The van der Waals surface area contributed by atoms with E-state index < -0.39 is 16.5 Å². The molecule has 1 N–H and O–H groups in total. The fourth-order valence-electron chi connectivity index (χ4n) is 2.47. The molecule has 0 radical (unpaired) electrons. The van der Waals surface area contributed by atoms with E-state index in [1.807, 2.05) is 0 Å². The lowest BCUT2D eigenvalue weighted by atomic mass is 10.1. The van der Waals surface area contributed by atoms with E-state index in [0.29, 0.717) is 17.2 Å². The van der Waals surface area contributed by atoms with Crippen LogP contribution in [0.1, 0.15) is 10.4 Å². The zero-order valence-corrected chi connectivity index (χ0v) is 16.5. The molecule has 0 aliphatic rings. The third-order valence-corrected chi connectivity index (χ3v) is 3.88. The molecule has 10 nitrogen and oxygen atoms in total. The molecule has 0 unspecified atom stereocenters. The second kappa shape index (κ2) is 10.1. The van der Waals surface area contributed by atoms with Gasteiger partial charge in [-0.05, 0) is 0 Å². The minimum atomic E-state index is -0.700. The number of nitro groups is 1. The first-order chi connectivity index (χ1) is 13.9. The SMILES string of the molecule is COCCOc1cc([N+](=O)[O-])c(C(=O)Nc2cc(OC)cc(OC)c2)cc1OC. The smallest absolute Gasteiger partial charge is 0.286 e. The first kappa shape index (κ1) is 21.8. The Balaban J connectivity index is 2.39. The summed E-state index contributed by atoms with van der Waals surface area (Å²) in [6, 6.07) is 7.16. The number of amides is 1. The lowest BCUT2D eigenvalue weighted by Crippen LogP contribution is -2.15. The zero-order valence-electron chi connectivity index (χ0n) is 16.5. The average molecular weight is 406 g/mol. The molecule has 1 amide bonds. The maximum Gasteiger partial charge on any atom is 0.286 e. The molecule has 0 bridgehead atoms. The van der Waals surface area contributed by atoms with Gasteiger partial charge >= 0.3 is 0 Å². The van der Waals surface area contributed by atoms with Gasteiger partial charge in [0.2, 0.25) is 0 Å². The lowest BCUT2D eigenvalue weighted by Gasteiger charge is -2.13. The molecule has 0 aromatic heterocycles. The number of anilines is 1. The van der Waals surface area contributed by atoms with E-state index in [2.05, 4.69) is 5.32 Å². The third kappa shape index (κ3) is 5.48. The lowest BCUT2D eigenvalue weighted by molar-refractivity contribution is -0.385. The van der Waals surface area contributed by atoms with Crippen molar-refractivity contribution in [3.05, 3.63) is 46.0 Å². The summed E-state index contributed by atoms with van der Waals surface area (Å²) in [6.45, 7) is 0.454. The van der Waals surface area contributed by atoms with E-state index in [-0.39, 0.29) is 30.3 Å². The number of nitrogens with one attached hydrogen (secondary N) is 1. The largest absolute Gasteiger partial charge is 0.497 e. The van der Waals surface area contributed by atoms with Crippen molar-refractivity contribution in [1.29, 1.82) is 0 Å². The Bertz CT molecular complexity index is 863. The predicted molar refractivity (Wildman–Crippen MR) is 105 cm³/mol. The Hall–Kier alpha value is -3.53. The van der Waals surface area contributed by atoms with Gasteiger partial charge in [-0.1, -0.05) is 0 Å². The van der Waals surface area contributed by atoms with Crippen molar-refractivity contribution in [2.45, 2.75) is 0 Å². The van der Waals surface area contributed by atoms with Gasteiger partial charge in [-0.25, -0.2) is 0 Å². The molecular weight excluding hydrogens is 384 g/mol. The second-order valence-corrected chi connectivity index (χ2v) is 5.67. The Morgan fingerprint density at radius 1 is 0.931 bits per heavy atom. The highest BCUT2D eigenvalue weighted by Gasteiger charge is 2.25. The Labute approximate surface area is 167 Å². The first-order valence-electron chi connectivity index (χ1n) is 8.46. The molecule has 0 atom stereocenters. The molecule has 0 fully saturated rings. The maximum atomic E-state index is 12.8. The van der Waals surface area contributed by atoms with Crippen LogP contribution in [0.25, 0.3) is 0 Å². The summed E-state index contributed by atoms with van der Waals surface area (Å²) in [5.41, 5.74) is -0.266. The molecule has 156 valence electrons. The van der Waals surface area contributed by atoms with Gasteiger partial charge in [0, 0.05) is 37.1 Å². The highest BCUT2D eigenvalue weighted by Crippen LogP contribution is 2.35. The van der Waals surface area contributed by atoms with Crippen LogP contribution in [0.2, 0.25) is 0 Å². The number of carbonyl (C=O) groups is 1. The molecule has 0 aliphatic heterocycles. The molecule has 2 aromatic carbocycles. The molecule has 0 saturated carbocycles. The van der Waals surface area contributed by atoms with Crippen LogP contribution in [0.4, 0.5) is 11.4 Å². The van der Waals surface area contributed by atoms with E-state index in [9.17, 15) is 14.9 Å². The molecule has 2 rings (SSSR count). The molecule has 2 aromatic rings. The van der Waals surface area contributed by atoms with Gasteiger partial charge in [-0.2, -0.15) is 0 Å². The van der Waals surface area contributed by atoms with Crippen molar-refractivity contribution in [2.24, 2.45) is 0 Å². The summed E-state index contributed by atoms with van der Waals surface area (Å²) in [7, 11) is 5.82. The number of rotatable bonds is 10. The van der Waals surface area contributed by atoms with E-state index in [1.165, 1.54) is 34.5 Å². The minimum Gasteiger partial charge on any atom is -0.497 e. The van der Waals surface area contributed by atoms with Crippen molar-refractivity contribution >= 4 is 17.3 Å². The van der Waals surface area contributed by atoms with E-state index >= 15 is 0 Å². The van der Waals surface area contributed by atoms with Gasteiger partial charge < -0.3 is 29.0 Å². The summed E-state index contributed by atoms with van der Waals surface area (Å²) in [5, 5.41) is 14.1.